The van der Waals surface area contributed by atoms with Crippen molar-refractivity contribution in [3.63, 3.8) is 0 Å². The summed E-state index contributed by atoms with van der Waals surface area (Å²) in [5.74, 6) is 0. The molecule has 0 radical (unpaired) electrons. The van der Waals surface area contributed by atoms with E-state index in [1.165, 1.54) is 0 Å². The molecule has 1 rings (SSSR count). The Hall–Kier alpha value is -0.450. The summed E-state index contributed by atoms with van der Waals surface area (Å²) in [6, 6.07) is 5.77. The summed E-state index contributed by atoms with van der Waals surface area (Å²) in [6.07, 6.45) is 0. The van der Waals surface area contributed by atoms with Gasteiger partial charge in [0.1, 0.15) is 4.60 Å². The smallest absolute Gasteiger partial charge is 0.106 e. The second-order valence-electron chi connectivity index (χ2n) is 2.70. The van der Waals surface area contributed by atoms with Crippen molar-refractivity contribution in [1.82, 2.24) is 4.98 Å². The van der Waals surface area contributed by atoms with Crippen LogP contribution in [0.4, 0.5) is 0 Å². The first-order valence-electron chi connectivity index (χ1n) is 4.60. The van der Waals surface area contributed by atoms with E-state index in [0.29, 0.717) is 19.8 Å². The fourth-order valence-corrected chi connectivity index (χ4v) is 1.35. The quantitative estimate of drug-likeness (QED) is 0.581. The van der Waals surface area contributed by atoms with Gasteiger partial charge in [-0.25, -0.2) is 4.98 Å². The third-order valence-electron chi connectivity index (χ3n) is 1.60. The summed E-state index contributed by atoms with van der Waals surface area (Å²) in [5, 5.41) is 0. The predicted molar refractivity (Wildman–Crippen MR) is 58.1 cm³/mol. The first-order chi connectivity index (χ1) is 6.83. The van der Waals surface area contributed by atoms with E-state index in [0.717, 1.165) is 16.9 Å². The maximum absolute atomic E-state index is 5.37. The molecule has 0 N–H and O–H groups in total. The number of ether oxygens (including phenoxy) is 2. The highest BCUT2D eigenvalue weighted by Gasteiger charge is 1.95. The second kappa shape index (κ2) is 6.92. The van der Waals surface area contributed by atoms with Crippen LogP contribution in [0, 0.1) is 0 Å². The molecule has 0 amide bonds. The molecule has 4 heteroatoms. The number of halogens is 1. The van der Waals surface area contributed by atoms with E-state index in [2.05, 4.69) is 20.9 Å². The summed E-state index contributed by atoms with van der Waals surface area (Å²) in [7, 11) is 0. The summed E-state index contributed by atoms with van der Waals surface area (Å²) >= 11 is 3.30. The molecule has 0 unspecified atom stereocenters. The number of hydrogen-bond donors (Lipinski definition) is 0. The monoisotopic (exact) mass is 259 g/mol. The van der Waals surface area contributed by atoms with Crippen LogP contribution in [0.15, 0.2) is 22.8 Å². The Balaban J connectivity index is 2.18. The van der Waals surface area contributed by atoms with Gasteiger partial charge in [0.05, 0.1) is 25.5 Å². The Morgan fingerprint density at radius 2 is 2.07 bits per heavy atom. The Morgan fingerprint density at radius 1 is 1.29 bits per heavy atom. The Morgan fingerprint density at radius 3 is 2.79 bits per heavy atom. The average Bonchev–Trinajstić information content (AvgIpc) is 2.18. The van der Waals surface area contributed by atoms with Gasteiger partial charge in [0, 0.05) is 6.61 Å². The van der Waals surface area contributed by atoms with Crippen molar-refractivity contribution in [2.24, 2.45) is 0 Å². The van der Waals surface area contributed by atoms with Gasteiger partial charge in [-0.2, -0.15) is 0 Å². The molecule has 1 aromatic heterocycles. The summed E-state index contributed by atoms with van der Waals surface area (Å²) in [5.41, 5.74) is 0.927. The highest BCUT2D eigenvalue weighted by Crippen LogP contribution is 2.06. The van der Waals surface area contributed by atoms with E-state index >= 15 is 0 Å². The SMILES string of the molecule is CCOCCOCc1cccc(Br)n1. The van der Waals surface area contributed by atoms with Crippen molar-refractivity contribution in [3.05, 3.63) is 28.5 Å². The topological polar surface area (TPSA) is 31.4 Å². The molecule has 0 aliphatic heterocycles. The van der Waals surface area contributed by atoms with Gasteiger partial charge in [-0.1, -0.05) is 6.07 Å². The lowest BCUT2D eigenvalue weighted by molar-refractivity contribution is 0.0441. The van der Waals surface area contributed by atoms with E-state index in [4.69, 9.17) is 9.47 Å². The molecule has 0 saturated carbocycles. The molecular weight excluding hydrogens is 246 g/mol. The molecule has 0 aromatic carbocycles. The normalized spacial score (nSPS) is 10.4. The molecule has 1 heterocycles. The number of pyridine rings is 1. The molecule has 14 heavy (non-hydrogen) atoms. The Bertz CT molecular complexity index is 268. The standard InChI is InChI=1S/C10H14BrNO2/c1-2-13-6-7-14-8-9-4-3-5-10(11)12-9/h3-5H,2,6-8H2,1H3. The largest absolute Gasteiger partial charge is 0.379 e. The maximum atomic E-state index is 5.37. The van der Waals surface area contributed by atoms with Crippen molar-refractivity contribution in [3.8, 4) is 0 Å². The Labute approximate surface area is 92.6 Å². The van der Waals surface area contributed by atoms with Crippen molar-refractivity contribution < 1.29 is 9.47 Å². The molecule has 0 atom stereocenters. The second-order valence-corrected chi connectivity index (χ2v) is 3.51. The van der Waals surface area contributed by atoms with Crippen LogP contribution in [0.2, 0.25) is 0 Å². The summed E-state index contributed by atoms with van der Waals surface area (Å²) in [4.78, 5) is 4.24. The fraction of sp³-hybridized carbons (Fsp3) is 0.500. The third kappa shape index (κ3) is 4.69. The molecule has 3 nitrogen and oxygen atoms in total. The van der Waals surface area contributed by atoms with Gasteiger partial charge in [0.2, 0.25) is 0 Å². The lowest BCUT2D eigenvalue weighted by Gasteiger charge is -2.03. The van der Waals surface area contributed by atoms with E-state index in [1.807, 2.05) is 25.1 Å². The molecular formula is C10H14BrNO2. The zero-order chi connectivity index (χ0) is 10.2. The molecule has 1 aromatic rings. The van der Waals surface area contributed by atoms with Gasteiger partial charge in [-0.3, -0.25) is 0 Å². The molecule has 0 saturated heterocycles. The van der Waals surface area contributed by atoms with Gasteiger partial charge in [-0.05, 0) is 35.0 Å². The molecule has 0 aliphatic rings. The van der Waals surface area contributed by atoms with Crippen molar-refractivity contribution in [2.75, 3.05) is 19.8 Å². The minimum absolute atomic E-state index is 0.534. The number of aromatic nitrogens is 1. The van der Waals surface area contributed by atoms with Crippen molar-refractivity contribution in [1.29, 1.82) is 0 Å². The maximum Gasteiger partial charge on any atom is 0.106 e. The lowest BCUT2D eigenvalue weighted by atomic mass is 10.4. The van der Waals surface area contributed by atoms with Crippen LogP contribution in [0.5, 0.6) is 0 Å². The number of rotatable bonds is 6. The van der Waals surface area contributed by atoms with Crippen LogP contribution >= 0.6 is 15.9 Å². The van der Waals surface area contributed by atoms with E-state index < -0.39 is 0 Å². The summed E-state index contributed by atoms with van der Waals surface area (Å²) < 4.78 is 11.3. The first kappa shape index (κ1) is 11.6. The minimum atomic E-state index is 0.534. The fourth-order valence-electron chi connectivity index (χ4n) is 0.970. The number of hydrogen-bond acceptors (Lipinski definition) is 3. The predicted octanol–water partition coefficient (Wildman–Crippen LogP) is 2.40. The van der Waals surface area contributed by atoms with E-state index in [-0.39, 0.29) is 0 Å². The van der Waals surface area contributed by atoms with Gasteiger partial charge < -0.3 is 9.47 Å². The van der Waals surface area contributed by atoms with Crippen molar-refractivity contribution in [2.45, 2.75) is 13.5 Å². The van der Waals surface area contributed by atoms with Crippen molar-refractivity contribution >= 4 is 15.9 Å². The first-order valence-corrected chi connectivity index (χ1v) is 5.39. The van der Waals surface area contributed by atoms with Crippen LogP contribution < -0.4 is 0 Å². The molecule has 78 valence electrons. The number of nitrogens with zero attached hydrogens (tertiary/aromatic N) is 1. The molecule has 0 spiro atoms. The van der Waals surface area contributed by atoms with Gasteiger partial charge in [0.25, 0.3) is 0 Å². The third-order valence-corrected chi connectivity index (χ3v) is 2.04. The average molecular weight is 260 g/mol. The molecule has 0 fully saturated rings. The highest BCUT2D eigenvalue weighted by atomic mass is 79.9. The minimum Gasteiger partial charge on any atom is -0.379 e. The zero-order valence-electron chi connectivity index (χ0n) is 8.20. The van der Waals surface area contributed by atoms with Crippen LogP contribution in [-0.4, -0.2) is 24.8 Å². The lowest BCUT2D eigenvalue weighted by Crippen LogP contribution is -2.04. The van der Waals surface area contributed by atoms with Crippen LogP contribution in [0.3, 0.4) is 0 Å². The zero-order valence-corrected chi connectivity index (χ0v) is 9.79. The summed E-state index contributed by atoms with van der Waals surface area (Å²) in [6.45, 7) is 4.49. The van der Waals surface area contributed by atoms with Gasteiger partial charge in [0.15, 0.2) is 0 Å². The van der Waals surface area contributed by atoms with Gasteiger partial charge >= 0.3 is 0 Å². The van der Waals surface area contributed by atoms with Crippen LogP contribution in [0.25, 0.3) is 0 Å². The Kier molecular flexibility index (Phi) is 5.75. The van der Waals surface area contributed by atoms with Crippen LogP contribution in [-0.2, 0) is 16.1 Å². The van der Waals surface area contributed by atoms with Gasteiger partial charge in [-0.15, -0.1) is 0 Å². The van der Waals surface area contributed by atoms with E-state index in [1.54, 1.807) is 0 Å². The van der Waals surface area contributed by atoms with Crippen LogP contribution in [0.1, 0.15) is 12.6 Å². The molecule has 0 bridgehead atoms. The molecule has 0 aliphatic carbocycles. The highest BCUT2D eigenvalue weighted by molar-refractivity contribution is 9.10. The van der Waals surface area contributed by atoms with E-state index in [9.17, 15) is 0 Å².